The molecular formula is C14H20BrN3O2. The number of nitrogens with one attached hydrogen (secondary N) is 1. The Morgan fingerprint density at radius 2 is 2.20 bits per heavy atom. The average molecular weight is 342 g/mol. The first-order chi connectivity index (χ1) is 9.47. The first kappa shape index (κ1) is 15.3. The molecule has 1 atom stereocenters. The Bertz CT molecular complexity index is 495. The third kappa shape index (κ3) is 3.71. The quantitative estimate of drug-likeness (QED) is 0.865. The van der Waals surface area contributed by atoms with Crippen LogP contribution < -0.4 is 5.32 Å². The molecule has 20 heavy (non-hydrogen) atoms. The highest BCUT2D eigenvalue weighted by atomic mass is 79.9. The van der Waals surface area contributed by atoms with E-state index in [9.17, 15) is 9.90 Å². The van der Waals surface area contributed by atoms with Crippen LogP contribution >= 0.6 is 15.9 Å². The molecule has 1 aliphatic rings. The van der Waals surface area contributed by atoms with Crippen molar-refractivity contribution in [3.8, 4) is 5.75 Å². The van der Waals surface area contributed by atoms with E-state index in [1.807, 2.05) is 0 Å². The first-order valence-corrected chi connectivity index (χ1v) is 7.42. The molecule has 1 unspecified atom stereocenters. The lowest BCUT2D eigenvalue weighted by Crippen LogP contribution is -2.54. The molecule has 2 rings (SSSR count). The summed E-state index contributed by atoms with van der Waals surface area (Å²) in [5.74, 6) is -0.248. The van der Waals surface area contributed by atoms with Gasteiger partial charge in [-0.15, -0.1) is 0 Å². The summed E-state index contributed by atoms with van der Waals surface area (Å²) in [6.45, 7) is 3.56. The second kappa shape index (κ2) is 6.56. The van der Waals surface area contributed by atoms with E-state index in [4.69, 9.17) is 0 Å². The van der Waals surface area contributed by atoms with E-state index in [-0.39, 0.29) is 11.7 Å². The third-order valence-electron chi connectivity index (χ3n) is 3.68. The van der Waals surface area contributed by atoms with Crippen molar-refractivity contribution in [3.63, 3.8) is 0 Å². The molecule has 6 heteroatoms. The van der Waals surface area contributed by atoms with Gasteiger partial charge >= 0.3 is 0 Å². The number of hydrogen-bond donors (Lipinski definition) is 2. The molecule has 0 radical (unpaired) electrons. The van der Waals surface area contributed by atoms with Crippen LogP contribution in [0.1, 0.15) is 10.4 Å². The zero-order valence-corrected chi connectivity index (χ0v) is 13.4. The van der Waals surface area contributed by atoms with E-state index in [0.29, 0.717) is 18.2 Å². The summed E-state index contributed by atoms with van der Waals surface area (Å²) in [6, 6.07) is 5.19. The predicted octanol–water partition coefficient (Wildman–Crippen LogP) is 1.13. The molecule has 1 heterocycles. The van der Waals surface area contributed by atoms with Crippen molar-refractivity contribution >= 4 is 21.8 Å². The van der Waals surface area contributed by atoms with E-state index >= 15 is 0 Å². The summed E-state index contributed by atoms with van der Waals surface area (Å²) >= 11 is 3.26. The van der Waals surface area contributed by atoms with Crippen LogP contribution in [-0.2, 0) is 0 Å². The van der Waals surface area contributed by atoms with Gasteiger partial charge in [0.1, 0.15) is 5.75 Å². The number of halogens is 1. The summed E-state index contributed by atoms with van der Waals surface area (Å²) < 4.78 is 0.750. The molecule has 0 spiro atoms. The molecule has 0 aliphatic carbocycles. The van der Waals surface area contributed by atoms with Gasteiger partial charge in [0.2, 0.25) is 0 Å². The number of carbonyl (C=O) groups is 1. The number of piperazine rings is 1. The minimum atomic E-state index is -0.239. The van der Waals surface area contributed by atoms with Crippen molar-refractivity contribution in [3.05, 3.63) is 28.2 Å². The third-order valence-corrected chi connectivity index (χ3v) is 4.18. The zero-order valence-electron chi connectivity index (χ0n) is 11.8. The topological polar surface area (TPSA) is 55.8 Å². The summed E-state index contributed by atoms with van der Waals surface area (Å²) in [4.78, 5) is 16.6. The van der Waals surface area contributed by atoms with Gasteiger partial charge in [-0.1, -0.05) is 15.9 Å². The molecule has 1 aromatic rings. The van der Waals surface area contributed by atoms with Crippen LogP contribution in [0.3, 0.4) is 0 Å². The van der Waals surface area contributed by atoms with E-state index in [1.165, 1.54) is 6.07 Å². The summed E-state index contributed by atoms with van der Waals surface area (Å²) in [6.07, 6.45) is 0. The largest absolute Gasteiger partial charge is 0.507 e. The number of amides is 1. The summed E-state index contributed by atoms with van der Waals surface area (Å²) in [7, 11) is 4.16. The highest BCUT2D eigenvalue weighted by molar-refractivity contribution is 9.10. The van der Waals surface area contributed by atoms with Crippen LogP contribution in [0.4, 0.5) is 0 Å². The number of likely N-dealkylation sites (N-methyl/N-ethyl adjacent to an activating group) is 2. The number of phenols is 1. The van der Waals surface area contributed by atoms with E-state index in [2.05, 4.69) is 45.1 Å². The molecule has 1 aliphatic heterocycles. The fraction of sp³-hybridized carbons (Fsp3) is 0.500. The number of phenolic OH excluding ortho intramolecular Hbond substituents is 1. The molecule has 1 amide bonds. The van der Waals surface area contributed by atoms with Crippen molar-refractivity contribution < 1.29 is 9.90 Å². The molecule has 1 fully saturated rings. The molecular weight excluding hydrogens is 322 g/mol. The normalized spacial score (nSPS) is 20.9. The van der Waals surface area contributed by atoms with Crippen LogP contribution in [0.15, 0.2) is 22.7 Å². The number of hydrogen-bond acceptors (Lipinski definition) is 4. The fourth-order valence-corrected chi connectivity index (χ4v) is 2.67. The van der Waals surface area contributed by atoms with Crippen LogP contribution in [0, 0.1) is 0 Å². The van der Waals surface area contributed by atoms with Crippen molar-refractivity contribution in [2.45, 2.75) is 6.04 Å². The molecule has 2 N–H and O–H groups in total. The summed E-state index contributed by atoms with van der Waals surface area (Å²) in [5.41, 5.74) is 0.306. The van der Waals surface area contributed by atoms with Crippen molar-refractivity contribution in [1.82, 2.24) is 15.1 Å². The van der Waals surface area contributed by atoms with Crippen LogP contribution in [0.25, 0.3) is 0 Å². The first-order valence-electron chi connectivity index (χ1n) is 6.63. The molecule has 0 bridgehead atoms. The molecule has 0 saturated carbocycles. The Balaban J connectivity index is 1.94. The zero-order chi connectivity index (χ0) is 14.7. The number of aromatic hydroxyl groups is 1. The highest BCUT2D eigenvalue weighted by Gasteiger charge is 2.23. The minimum Gasteiger partial charge on any atom is -0.507 e. The lowest BCUT2D eigenvalue weighted by atomic mass is 10.1. The van der Waals surface area contributed by atoms with Crippen molar-refractivity contribution in [2.24, 2.45) is 0 Å². The highest BCUT2D eigenvalue weighted by Crippen LogP contribution is 2.22. The Hall–Kier alpha value is -1.11. The maximum atomic E-state index is 12.1. The fourth-order valence-electron chi connectivity index (χ4n) is 2.32. The Kier molecular flexibility index (Phi) is 5.01. The Morgan fingerprint density at radius 1 is 1.45 bits per heavy atom. The van der Waals surface area contributed by atoms with Crippen molar-refractivity contribution in [1.29, 1.82) is 0 Å². The number of carbonyl (C=O) groups excluding carboxylic acids is 1. The molecule has 1 aromatic carbocycles. The summed E-state index contributed by atoms with van der Waals surface area (Å²) in [5, 5.41) is 12.7. The number of nitrogens with zero attached hydrogens (tertiary/aromatic N) is 2. The van der Waals surface area contributed by atoms with E-state index in [1.54, 1.807) is 12.1 Å². The minimum absolute atomic E-state index is 0.00834. The van der Waals surface area contributed by atoms with Gasteiger partial charge in [0.05, 0.1) is 5.56 Å². The standard InChI is InChI=1S/C14H20BrN3O2/c1-17-5-6-18(2)11(9-17)8-16-14(20)12-4-3-10(15)7-13(12)19/h3-4,7,11,19H,5-6,8-9H2,1-2H3,(H,16,20). The molecule has 110 valence electrons. The van der Waals surface area contributed by atoms with Crippen molar-refractivity contribution in [2.75, 3.05) is 40.3 Å². The van der Waals surface area contributed by atoms with Crippen LogP contribution in [0.2, 0.25) is 0 Å². The van der Waals surface area contributed by atoms with Gasteiger partial charge < -0.3 is 15.3 Å². The van der Waals surface area contributed by atoms with Gasteiger partial charge in [0.25, 0.3) is 5.91 Å². The maximum absolute atomic E-state index is 12.1. The number of benzene rings is 1. The van der Waals surface area contributed by atoms with Gasteiger partial charge in [-0.3, -0.25) is 9.69 Å². The van der Waals surface area contributed by atoms with Crippen LogP contribution in [-0.4, -0.2) is 67.1 Å². The van der Waals surface area contributed by atoms with E-state index in [0.717, 1.165) is 24.1 Å². The van der Waals surface area contributed by atoms with Crippen LogP contribution in [0.5, 0.6) is 5.75 Å². The van der Waals surface area contributed by atoms with Gasteiger partial charge in [0.15, 0.2) is 0 Å². The Morgan fingerprint density at radius 3 is 2.90 bits per heavy atom. The van der Waals surface area contributed by atoms with Gasteiger partial charge in [-0.2, -0.15) is 0 Å². The molecule has 0 aromatic heterocycles. The second-order valence-electron chi connectivity index (χ2n) is 5.27. The smallest absolute Gasteiger partial charge is 0.255 e. The monoisotopic (exact) mass is 341 g/mol. The second-order valence-corrected chi connectivity index (χ2v) is 6.18. The average Bonchev–Trinajstić information content (AvgIpc) is 2.39. The SMILES string of the molecule is CN1CCN(C)C(CNC(=O)c2ccc(Br)cc2O)C1. The predicted molar refractivity (Wildman–Crippen MR) is 82.1 cm³/mol. The van der Waals surface area contributed by atoms with Gasteiger partial charge in [0, 0.05) is 36.7 Å². The maximum Gasteiger partial charge on any atom is 0.255 e. The molecule has 1 saturated heterocycles. The lowest BCUT2D eigenvalue weighted by Gasteiger charge is -2.37. The van der Waals surface area contributed by atoms with E-state index < -0.39 is 0 Å². The van der Waals surface area contributed by atoms with Gasteiger partial charge in [-0.05, 0) is 32.3 Å². The Labute approximate surface area is 127 Å². The van der Waals surface area contributed by atoms with Gasteiger partial charge in [-0.25, -0.2) is 0 Å². The number of rotatable bonds is 3. The lowest BCUT2D eigenvalue weighted by molar-refractivity contribution is 0.0879. The molecule has 5 nitrogen and oxygen atoms in total.